The van der Waals surface area contributed by atoms with Crippen molar-refractivity contribution >= 4 is 5.69 Å². The summed E-state index contributed by atoms with van der Waals surface area (Å²) in [5, 5.41) is 18.7. The predicted octanol–water partition coefficient (Wildman–Crippen LogP) is 3.01. The quantitative estimate of drug-likeness (QED) is 0.618. The van der Waals surface area contributed by atoms with Crippen LogP contribution in [0, 0.1) is 11.3 Å². The standard InChI is InChI=1S/C15H20N2O/c1-4-5-6-9-17(3)15-10-13(11-16)7-8-14(15)12(2)18/h4,7-8,10,12,18H,1,5-6,9H2,2-3H3. The minimum atomic E-state index is -0.533. The van der Waals surface area contributed by atoms with Crippen molar-refractivity contribution in [3.05, 3.63) is 42.0 Å². The lowest BCUT2D eigenvalue weighted by Gasteiger charge is -2.23. The van der Waals surface area contributed by atoms with Crippen LogP contribution < -0.4 is 4.90 Å². The molecule has 1 N–H and O–H groups in total. The van der Waals surface area contributed by atoms with Gasteiger partial charge >= 0.3 is 0 Å². The molecule has 1 aromatic carbocycles. The molecular weight excluding hydrogens is 224 g/mol. The summed E-state index contributed by atoms with van der Waals surface area (Å²) >= 11 is 0. The summed E-state index contributed by atoms with van der Waals surface area (Å²) in [5.74, 6) is 0. The van der Waals surface area contributed by atoms with Crippen LogP contribution in [0.4, 0.5) is 5.69 Å². The molecule has 1 aromatic rings. The van der Waals surface area contributed by atoms with Gasteiger partial charge in [0.2, 0.25) is 0 Å². The zero-order chi connectivity index (χ0) is 13.5. The topological polar surface area (TPSA) is 47.3 Å². The number of hydrogen-bond donors (Lipinski definition) is 1. The van der Waals surface area contributed by atoms with Crippen LogP contribution >= 0.6 is 0 Å². The van der Waals surface area contributed by atoms with Crippen molar-refractivity contribution in [1.29, 1.82) is 5.26 Å². The van der Waals surface area contributed by atoms with E-state index in [4.69, 9.17) is 5.26 Å². The maximum absolute atomic E-state index is 9.76. The van der Waals surface area contributed by atoms with Gasteiger partial charge in [0.25, 0.3) is 0 Å². The predicted molar refractivity (Wildman–Crippen MR) is 74.5 cm³/mol. The Bertz CT molecular complexity index is 446. The minimum Gasteiger partial charge on any atom is -0.389 e. The van der Waals surface area contributed by atoms with Gasteiger partial charge in [0, 0.05) is 24.8 Å². The van der Waals surface area contributed by atoms with Crippen LogP contribution in [0.2, 0.25) is 0 Å². The minimum absolute atomic E-state index is 0.533. The molecule has 0 radical (unpaired) electrons. The fourth-order valence-corrected chi connectivity index (χ4v) is 1.89. The molecule has 1 rings (SSSR count). The molecule has 0 heterocycles. The van der Waals surface area contributed by atoms with E-state index >= 15 is 0 Å². The molecule has 0 amide bonds. The van der Waals surface area contributed by atoms with E-state index in [1.807, 2.05) is 25.3 Å². The Morgan fingerprint density at radius 1 is 1.56 bits per heavy atom. The summed E-state index contributed by atoms with van der Waals surface area (Å²) < 4.78 is 0. The van der Waals surface area contributed by atoms with Crippen LogP contribution in [-0.4, -0.2) is 18.7 Å². The van der Waals surface area contributed by atoms with Crippen molar-refractivity contribution in [2.75, 3.05) is 18.5 Å². The number of rotatable bonds is 6. The number of aliphatic hydroxyl groups is 1. The number of benzene rings is 1. The molecule has 0 spiro atoms. The van der Waals surface area contributed by atoms with Gasteiger partial charge in [-0.1, -0.05) is 12.1 Å². The Balaban J connectivity index is 2.96. The summed E-state index contributed by atoms with van der Waals surface area (Å²) in [6.07, 6.45) is 3.34. The van der Waals surface area contributed by atoms with Crippen LogP contribution in [0.15, 0.2) is 30.9 Å². The molecule has 0 saturated heterocycles. The molecule has 0 bridgehead atoms. The normalized spacial score (nSPS) is 11.7. The lowest BCUT2D eigenvalue weighted by molar-refractivity contribution is 0.199. The monoisotopic (exact) mass is 244 g/mol. The second-order valence-corrected chi connectivity index (χ2v) is 4.41. The highest BCUT2D eigenvalue weighted by atomic mass is 16.3. The lowest BCUT2D eigenvalue weighted by Crippen LogP contribution is -2.20. The summed E-state index contributed by atoms with van der Waals surface area (Å²) in [6, 6.07) is 7.52. The highest BCUT2D eigenvalue weighted by molar-refractivity contribution is 5.58. The average Bonchev–Trinajstić information content (AvgIpc) is 2.38. The first kappa shape index (κ1) is 14.3. The molecule has 0 aliphatic carbocycles. The van der Waals surface area contributed by atoms with Gasteiger partial charge in [-0.2, -0.15) is 5.26 Å². The van der Waals surface area contributed by atoms with Gasteiger partial charge in [-0.25, -0.2) is 0 Å². The van der Waals surface area contributed by atoms with Crippen LogP contribution in [0.25, 0.3) is 0 Å². The SMILES string of the molecule is C=CCCCN(C)c1cc(C#N)ccc1C(C)O. The van der Waals surface area contributed by atoms with Gasteiger partial charge in [-0.15, -0.1) is 6.58 Å². The summed E-state index contributed by atoms with van der Waals surface area (Å²) in [7, 11) is 1.98. The van der Waals surface area contributed by atoms with E-state index in [9.17, 15) is 5.11 Å². The Kier molecular flexibility index (Phi) is 5.41. The molecular formula is C15H20N2O. The van der Waals surface area contributed by atoms with E-state index in [-0.39, 0.29) is 0 Å². The number of unbranched alkanes of at least 4 members (excludes halogenated alkanes) is 1. The third-order valence-corrected chi connectivity index (χ3v) is 2.92. The first-order valence-electron chi connectivity index (χ1n) is 6.14. The number of aliphatic hydroxyl groups excluding tert-OH is 1. The maximum Gasteiger partial charge on any atom is 0.0992 e. The van der Waals surface area contributed by atoms with E-state index in [1.165, 1.54) is 0 Å². The molecule has 0 aliphatic heterocycles. The Labute approximate surface area is 109 Å². The van der Waals surface area contributed by atoms with Crippen molar-refractivity contribution in [2.45, 2.75) is 25.9 Å². The fourth-order valence-electron chi connectivity index (χ4n) is 1.89. The van der Waals surface area contributed by atoms with E-state index in [0.717, 1.165) is 30.6 Å². The third kappa shape index (κ3) is 3.61. The summed E-state index contributed by atoms with van der Waals surface area (Å²) in [6.45, 7) is 6.32. The smallest absolute Gasteiger partial charge is 0.0992 e. The molecule has 1 unspecified atom stereocenters. The van der Waals surface area contributed by atoms with Crippen LogP contribution in [0.1, 0.15) is 37.0 Å². The zero-order valence-electron chi connectivity index (χ0n) is 11.1. The molecule has 3 nitrogen and oxygen atoms in total. The maximum atomic E-state index is 9.76. The number of allylic oxidation sites excluding steroid dienone is 1. The molecule has 18 heavy (non-hydrogen) atoms. The van der Waals surface area contributed by atoms with Gasteiger partial charge < -0.3 is 10.0 Å². The van der Waals surface area contributed by atoms with Gasteiger partial charge in [-0.3, -0.25) is 0 Å². The third-order valence-electron chi connectivity index (χ3n) is 2.92. The summed E-state index contributed by atoms with van der Waals surface area (Å²) in [5.41, 5.74) is 2.40. The first-order valence-corrected chi connectivity index (χ1v) is 6.14. The highest BCUT2D eigenvalue weighted by Gasteiger charge is 2.12. The second kappa shape index (κ2) is 6.83. The number of anilines is 1. The largest absolute Gasteiger partial charge is 0.389 e. The van der Waals surface area contributed by atoms with Crippen molar-refractivity contribution in [2.24, 2.45) is 0 Å². The fraction of sp³-hybridized carbons (Fsp3) is 0.400. The Hall–Kier alpha value is -1.79. The molecule has 3 heteroatoms. The van der Waals surface area contributed by atoms with Crippen LogP contribution in [-0.2, 0) is 0 Å². The van der Waals surface area contributed by atoms with E-state index in [2.05, 4.69) is 17.5 Å². The number of nitrogens with zero attached hydrogens (tertiary/aromatic N) is 2. The van der Waals surface area contributed by atoms with Gasteiger partial charge in [0.1, 0.15) is 0 Å². The van der Waals surface area contributed by atoms with Crippen molar-refractivity contribution in [1.82, 2.24) is 0 Å². The van der Waals surface area contributed by atoms with Crippen LogP contribution in [0.3, 0.4) is 0 Å². The molecule has 0 aromatic heterocycles. The number of hydrogen-bond acceptors (Lipinski definition) is 3. The molecule has 1 atom stereocenters. The van der Waals surface area contributed by atoms with Crippen molar-refractivity contribution in [3.8, 4) is 6.07 Å². The first-order chi connectivity index (χ1) is 8.60. The van der Waals surface area contributed by atoms with Gasteiger partial charge in [0.15, 0.2) is 0 Å². The Morgan fingerprint density at radius 3 is 2.83 bits per heavy atom. The van der Waals surface area contributed by atoms with E-state index in [0.29, 0.717) is 5.56 Å². The molecule has 0 aliphatic rings. The molecule has 96 valence electrons. The van der Waals surface area contributed by atoms with Gasteiger partial charge in [-0.05, 0) is 31.9 Å². The highest BCUT2D eigenvalue weighted by Crippen LogP contribution is 2.27. The van der Waals surface area contributed by atoms with Gasteiger partial charge in [0.05, 0.1) is 17.7 Å². The summed E-state index contributed by atoms with van der Waals surface area (Å²) in [4.78, 5) is 2.08. The van der Waals surface area contributed by atoms with E-state index in [1.54, 1.807) is 13.0 Å². The zero-order valence-corrected chi connectivity index (χ0v) is 11.1. The number of nitriles is 1. The average molecular weight is 244 g/mol. The van der Waals surface area contributed by atoms with E-state index < -0.39 is 6.10 Å². The van der Waals surface area contributed by atoms with Crippen molar-refractivity contribution in [3.63, 3.8) is 0 Å². The van der Waals surface area contributed by atoms with Crippen LogP contribution in [0.5, 0.6) is 0 Å². The molecule has 0 saturated carbocycles. The Morgan fingerprint density at radius 2 is 2.28 bits per heavy atom. The molecule has 0 fully saturated rings. The van der Waals surface area contributed by atoms with Crippen molar-refractivity contribution < 1.29 is 5.11 Å². The second-order valence-electron chi connectivity index (χ2n) is 4.41. The lowest BCUT2D eigenvalue weighted by atomic mass is 10.0.